The molecule has 0 radical (unpaired) electrons. The molecule has 16 nitrogen and oxygen atoms in total. The Kier molecular flexibility index (Phi) is 11.9. The zero-order valence-corrected chi connectivity index (χ0v) is 29.8. The molecule has 3 aromatic rings. The van der Waals surface area contributed by atoms with E-state index in [0.29, 0.717) is 43.5 Å². The number of rotatable bonds is 12. The van der Waals surface area contributed by atoms with Crippen LogP contribution in [0.5, 0.6) is 5.75 Å². The number of fused-ring (bicyclic) bond motifs is 2. The smallest absolute Gasteiger partial charge is 0.262 e. The van der Waals surface area contributed by atoms with Crippen molar-refractivity contribution in [2.75, 3.05) is 57.1 Å². The van der Waals surface area contributed by atoms with Crippen LogP contribution in [0.4, 0.5) is 5.82 Å². The quantitative estimate of drug-likeness (QED) is 0.201. The molecule has 1 saturated carbocycles. The molecule has 4 heterocycles. The van der Waals surface area contributed by atoms with Crippen molar-refractivity contribution < 1.29 is 37.1 Å². The Bertz CT molecular complexity index is 2070. The Morgan fingerprint density at radius 2 is 1.65 bits per heavy atom. The highest BCUT2D eigenvalue weighted by Crippen LogP contribution is 2.31. The molecule has 54 heavy (non-hydrogen) atoms. The second-order valence-corrected chi connectivity index (χ2v) is 15.7. The fraction of sp³-hybridized carbons (Fsp3) is 0.486. The molecule has 2 N–H and O–H groups in total. The summed E-state index contributed by atoms with van der Waals surface area (Å²) in [6.45, 7) is 2.40. The van der Waals surface area contributed by atoms with Gasteiger partial charge >= 0.3 is 0 Å². The van der Waals surface area contributed by atoms with Gasteiger partial charge in [-0.3, -0.25) is 34.3 Å². The van der Waals surface area contributed by atoms with Crippen LogP contribution in [0.1, 0.15) is 72.2 Å². The van der Waals surface area contributed by atoms with Gasteiger partial charge in [-0.1, -0.05) is 7.43 Å². The number of ether oxygens (including phenoxy) is 2. The van der Waals surface area contributed by atoms with E-state index in [1.807, 2.05) is 12.1 Å². The second kappa shape index (κ2) is 16.6. The molecular formula is C37H44N8O8S. The first-order valence-corrected chi connectivity index (χ1v) is 19.4. The average Bonchev–Trinajstić information content (AvgIpc) is 3.41. The minimum Gasteiger partial charge on any atom is -0.491 e. The number of nitrogens with zero attached hydrogens (tertiary/aromatic N) is 6. The summed E-state index contributed by atoms with van der Waals surface area (Å²) in [5.41, 5.74) is 1.62. The number of piperidine rings is 1. The lowest BCUT2D eigenvalue weighted by Gasteiger charge is -2.41. The van der Waals surface area contributed by atoms with E-state index >= 15 is 0 Å². The standard InChI is InChI=1S/C36H40N8O8S.CH4/c37-21-23-1-8-30-29(19-23)33(39-22-38-30)40-24-2-4-25(5-3-24)42-11-13-43(14-12-42)53(49,50)18-17-51-15-16-52-26-6-7-27-28(20-26)36(48)44(35(27)47)31-9-10-32(45)41-34(31)46;/h1,6-8,19-20,22,24-25,31H,2-5,9-18H2,(H,38,39,40)(H,41,45,46);1H4. The van der Waals surface area contributed by atoms with Crippen molar-refractivity contribution in [1.29, 1.82) is 5.26 Å². The van der Waals surface area contributed by atoms with Gasteiger partial charge < -0.3 is 14.8 Å². The van der Waals surface area contributed by atoms with E-state index in [1.54, 1.807) is 12.1 Å². The van der Waals surface area contributed by atoms with Crippen molar-refractivity contribution in [2.45, 2.75) is 64.1 Å². The molecule has 0 bridgehead atoms. The number of sulfonamides is 1. The number of benzene rings is 2. The molecular weight excluding hydrogens is 717 g/mol. The number of carbonyl (C=O) groups is 4. The lowest BCUT2D eigenvalue weighted by atomic mass is 9.89. The summed E-state index contributed by atoms with van der Waals surface area (Å²) in [4.78, 5) is 61.7. The van der Waals surface area contributed by atoms with Crippen molar-refractivity contribution in [2.24, 2.45) is 0 Å². The van der Waals surface area contributed by atoms with Crippen LogP contribution in [0.25, 0.3) is 10.9 Å². The van der Waals surface area contributed by atoms with Crippen LogP contribution in [-0.2, 0) is 24.3 Å². The highest BCUT2D eigenvalue weighted by atomic mass is 32.2. The number of piperazine rings is 1. The summed E-state index contributed by atoms with van der Waals surface area (Å²) < 4.78 is 38.9. The second-order valence-electron chi connectivity index (χ2n) is 13.6. The Hall–Kier alpha value is -5.02. The third kappa shape index (κ3) is 8.21. The Labute approximate surface area is 313 Å². The zero-order valence-electron chi connectivity index (χ0n) is 29.0. The van der Waals surface area contributed by atoms with Gasteiger partial charge in [0.25, 0.3) is 11.8 Å². The fourth-order valence-corrected chi connectivity index (χ4v) is 8.83. The van der Waals surface area contributed by atoms with Crippen molar-refractivity contribution >= 4 is 50.4 Å². The first-order valence-electron chi connectivity index (χ1n) is 17.8. The number of carbonyl (C=O) groups excluding carboxylic acids is 4. The van der Waals surface area contributed by atoms with E-state index in [4.69, 9.17) is 9.47 Å². The molecule has 1 aliphatic carbocycles. The molecule has 0 spiro atoms. The lowest BCUT2D eigenvalue weighted by molar-refractivity contribution is -0.136. The summed E-state index contributed by atoms with van der Waals surface area (Å²) in [5, 5.41) is 15.9. The van der Waals surface area contributed by atoms with E-state index in [-0.39, 0.29) is 63.0 Å². The first-order chi connectivity index (χ1) is 25.6. The number of imide groups is 2. The van der Waals surface area contributed by atoms with E-state index in [0.717, 1.165) is 47.3 Å². The maximum Gasteiger partial charge on any atom is 0.262 e. The Morgan fingerprint density at radius 1 is 0.889 bits per heavy atom. The van der Waals surface area contributed by atoms with Crippen LogP contribution < -0.4 is 15.4 Å². The molecule has 7 rings (SSSR count). The number of aromatic nitrogens is 2. The maximum atomic E-state index is 13.1. The first kappa shape index (κ1) is 38.7. The molecule has 4 aliphatic rings. The van der Waals surface area contributed by atoms with Crippen molar-refractivity contribution in [3.05, 3.63) is 59.4 Å². The summed E-state index contributed by atoms with van der Waals surface area (Å²) in [7, 11) is -3.51. The van der Waals surface area contributed by atoms with Crippen LogP contribution in [0.3, 0.4) is 0 Å². The SMILES string of the molecule is C.N#Cc1ccc2ncnc(NC3CCC(N4CCN(S(=O)(=O)CCOCCOc5ccc6c(c5)C(=O)N(C5CCC(=O)NC5=O)C6=O)CC4)CC3)c2c1. The van der Waals surface area contributed by atoms with Crippen LogP contribution in [-0.4, -0.2) is 126 Å². The molecule has 286 valence electrons. The number of anilines is 1. The van der Waals surface area contributed by atoms with Crippen molar-refractivity contribution in [1.82, 2.24) is 29.4 Å². The van der Waals surface area contributed by atoms with Crippen LogP contribution in [0.2, 0.25) is 0 Å². The topological polar surface area (TPSA) is 204 Å². The lowest BCUT2D eigenvalue weighted by Crippen LogP contribution is -2.54. The number of amides is 4. The van der Waals surface area contributed by atoms with Gasteiger partial charge in [-0.25, -0.2) is 18.4 Å². The molecule has 1 unspecified atom stereocenters. The zero-order chi connectivity index (χ0) is 37.1. The summed E-state index contributed by atoms with van der Waals surface area (Å²) >= 11 is 0. The third-order valence-electron chi connectivity index (χ3n) is 10.4. The summed E-state index contributed by atoms with van der Waals surface area (Å²) in [6, 6.07) is 11.6. The highest BCUT2D eigenvalue weighted by Gasteiger charge is 2.44. The third-order valence-corrected chi connectivity index (χ3v) is 12.2. The Morgan fingerprint density at radius 3 is 2.39 bits per heavy atom. The molecule has 2 saturated heterocycles. The van der Waals surface area contributed by atoms with E-state index in [1.165, 1.54) is 22.8 Å². The largest absolute Gasteiger partial charge is 0.491 e. The fourth-order valence-electron chi connectivity index (χ4n) is 7.52. The Balaban J connectivity index is 0.00000497. The molecule has 3 fully saturated rings. The van der Waals surface area contributed by atoms with E-state index < -0.39 is 39.7 Å². The van der Waals surface area contributed by atoms with Crippen LogP contribution in [0.15, 0.2) is 42.7 Å². The minimum absolute atomic E-state index is 0. The van der Waals surface area contributed by atoms with E-state index in [2.05, 4.69) is 31.6 Å². The van der Waals surface area contributed by atoms with Gasteiger partial charge in [-0.2, -0.15) is 9.57 Å². The van der Waals surface area contributed by atoms with Gasteiger partial charge in [0.15, 0.2) is 0 Å². The predicted octanol–water partition coefficient (Wildman–Crippen LogP) is 2.30. The van der Waals surface area contributed by atoms with Crippen LogP contribution in [0, 0.1) is 11.3 Å². The molecule has 1 aromatic heterocycles. The summed E-state index contributed by atoms with van der Waals surface area (Å²) in [6.07, 6.45) is 5.55. The molecule has 1 atom stereocenters. The van der Waals surface area contributed by atoms with Gasteiger partial charge in [0.05, 0.1) is 47.2 Å². The normalized spacial score (nSPS) is 22.4. The number of hydrogen-bond acceptors (Lipinski definition) is 13. The van der Waals surface area contributed by atoms with Gasteiger partial charge in [0.1, 0.15) is 30.5 Å². The average molecular weight is 761 g/mol. The van der Waals surface area contributed by atoms with Gasteiger partial charge in [-0.15, -0.1) is 0 Å². The van der Waals surface area contributed by atoms with Gasteiger partial charge in [-0.05, 0) is 68.5 Å². The van der Waals surface area contributed by atoms with Crippen molar-refractivity contribution in [3.8, 4) is 11.8 Å². The van der Waals surface area contributed by atoms with E-state index in [9.17, 15) is 32.9 Å². The predicted molar refractivity (Wildman–Crippen MR) is 197 cm³/mol. The number of nitriles is 1. The molecule has 2 aromatic carbocycles. The van der Waals surface area contributed by atoms with Gasteiger partial charge in [0, 0.05) is 50.1 Å². The molecule has 17 heteroatoms. The van der Waals surface area contributed by atoms with Gasteiger partial charge in [0.2, 0.25) is 21.8 Å². The molecule has 4 amide bonds. The molecule has 3 aliphatic heterocycles. The highest BCUT2D eigenvalue weighted by molar-refractivity contribution is 7.89. The van der Waals surface area contributed by atoms with Crippen LogP contribution >= 0.6 is 0 Å². The minimum atomic E-state index is -3.51. The number of hydrogen-bond donors (Lipinski definition) is 2. The maximum absolute atomic E-state index is 13.1. The summed E-state index contributed by atoms with van der Waals surface area (Å²) in [5.74, 6) is -1.43. The number of nitrogens with one attached hydrogen (secondary N) is 2. The monoisotopic (exact) mass is 760 g/mol. The van der Waals surface area contributed by atoms with Crippen molar-refractivity contribution in [3.63, 3.8) is 0 Å².